The first-order valence-corrected chi connectivity index (χ1v) is 9.91. The van der Waals surface area contributed by atoms with Gasteiger partial charge in [-0.2, -0.15) is 0 Å². The van der Waals surface area contributed by atoms with Gasteiger partial charge in [-0.25, -0.2) is 8.42 Å². The number of hydrogen-bond donors (Lipinski definition) is 0. The van der Waals surface area contributed by atoms with Crippen molar-refractivity contribution in [3.05, 3.63) is 53.6 Å². The molecule has 2 aromatic carbocycles. The third kappa shape index (κ3) is 3.01. The Morgan fingerprint density at radius 1 is 1.12 bits per heavy atom. The largest absolute Gasteiger partial charge is 0.495 e. The number of ether oxygens (including phenoxy) is 1. The van der Waals surface area contributed by atoms with Gasteiger partial charge in [0.25, 0.3) is 10.0 Å². The molecule has 0 N–H and O–H groups in total. The number of nitrogens with zero attached hydrogens (tertiary/aromatic N) is 1. The first-order valence-electron chi connectivity index (χ1n) is 8.47. The molecule has 0 amide bonds. The number of benzene rings is 2. The minimum absolute atomic E-state index is 0.120. The van der Waals surface area contributed by atoms with Crippen LogP contribution in [0.1, 0.15) is 38.8 Å². The topological polar surface area (TPSA) is 46.6 Å². The average Bonchev–Trinajstić information content (AvgIpc) is 2.89. The minimum atomic E-state index is -3.72. The number of para-hydroxylation sites is 1. The third-order valence-electron chi connectivity index (χ3n) is 4.71. The van der Waals surface area contributed by atoms with Crippen molar-refractivity contribution in [2.45, 2.75) is 50.5 Å². The summed E-state index contributed by atoms with van der Waals surface area (Å²) in [4.78, 5) is 0.228. The SMILES string of the molecule is COc1ccc(C(C)(C)C)cc1S(=O)(=O)N1c2ccccc2C[C@H]1C. The second-order valence-electron chi connectivity index (χ2n) is 7.60. The molecule has 3 rings (SSSR count). The van der Waals surface area contributed by atoms with Crippen molar-refractivity contribution in [1.82, 2.24) is 0 Å². The van der Waals surface area contributed by atoms with E-state index in [4.69, 9.17) is 4.74 Å². The van der Waals surface area contributed by atoms with Crippen molar-refractivity contribution in [2.75, 3.05) is 11.4 Å². The van der Waals surface area contributed by atoms with Crippen molar-refractivity contribution in [2.24, 2.45) is 0 Å². The second-order valence-corrected chi connectivity index (χ2v) is 9.38. The van der Waals surface area contributed by atoms with Gasteiger partial charge in [0.05, 0.1) is 12.8 Å². The van der Waals surface area contributed by atoms with Crippen LogP contribution in [0.3, 0.4) is 0 Å². The van der Waals surface area contributed by atoms with Gasteiger partial charge in [-0.15, -0.1) is 0 Å². The summed E-state index contributed by atoms with van der Waals surface area (Å²) in [6.07, 6.45) is 0.719. The number of sulfonamides is 1. The summed E-state index contributed by atoms with van der Waals surface area (Å²) in [5.74, 6) is 0.379. The van der Waals surface area contributed by atoms with Crippen LogP contribution in [0.15, 0.2) is 47.4 Å². The fourth-order valence-corrected chi connectivity index (χ4v) is 5.23. The van der Waals surface area contributed by atoms with E-state index in [9.17, 15) is 8.42 Å². The second kappa shape index (κ2) is 6.06. The zero-order valence-corrected chi connectivity index (χ0v) is 16.2. The standard InChI is InChI=1S/C20H25NO3S/c1-14-12-15-8-6-7-9-17(15)21(14)25(22,23)19-13-16(20(2,3)4)10-11-18(19)24-5/h6-11,13-14H,12H2,1-5H3/t14-/m1/s1. The molecule has 0 unspecified atom stereocenters. The zero-order chi connectivity index (χ0) is 18.4. The molecule has 0 bridgehead atoms. The molecule has 2 aromatic rings. The lowest BCUT2D eigenvalue weighted by Crippen LogP contribution is -2.36. The van der Waals surface area contributed by atoms with Gasteiger partial charge < -0.3 is 4.74 Å². The van der Waals surface area contributed by atoms with Crippen LogP contribution in [-0.4, -0.2) is 21.6 Å². The van der Waals surface area contributed by atoms with Crippen molar-refractivity contribution in [1.29, 1.82) is 0 Å². The monoisotopic (exact) mass is 359 g/mol. The van der Waals surface area contributed by atoms with Gasteiger partial charge in [-0.1, -0.05) is 45.0 Å². The zero-order valence-electron chi connectivity index (χ0n) is 15.4. The number of methoxy groups -OCH3 is 1. The van der Waals surface area contributed by atoms with Crippen molar-refractivity contribution >= 4 is 15.7 Å². The van der Waals surface area contributed by atoms with Gasteiger partial charge in [0.2, 0.25) is 0 Å². The molecular formula is C20H25NO3S. The van der Waals surface area contributed by atoms with Crippen LogP contribution in [0.4, 0.5) is 5.69 Å². The van der Waals surface area contributed by atoms with Crippen LogP contribution in [0.5, 0.6) is 5.75 Å². The van der Waals surface area contributed by atoms with Crippen LogP contribution < -0.4 is 9.04 Å². The van der Waals surface area contributed by atoms with Crippen LogP contribution in [0.25, 0.3) is 0 Å². The smallest absolute Gasteiger partial charge is 0.268 e. The van der Waals surface area contributed by atoms with E-state index in [2.05, 4.69) is 20.8 Å². The van der Waals surface area contributed by atoms with E-state index >= 15 is 0 Å². The Bertz CT molecular complexity index is 897. The minimum Gasteiger partial charge on any atom is -0.495 e. The lowest BCUT2D eigenvalue weighted by atomic mass is 9.87. The average molecular weight is 359 g/mol. The maximum Gasteiger partial charge on any atom is 0.268 e. The summed E-state index contributed by atoms with van der Waals surface area (Å²) in [6, 6.07) is 13.0. The summed E-state index contributed by atoms with van der Waals surface area (Å²) >= 11 is 0. The fourth-order valence-electron chi connectivity index (χ4n) is 3.35. The van der Waals surface area contributed by atoms with Crippen molar-refractivity contribution < 1.29 is 13.2 Å². The summed E-state index contributed by atoms with van der Waals surface area (Å²) in [5, 5.41) is 0. The Balaban J connectivity index is 2.18. The van der Waals surface area contributed by atoms with Gasteiger partial charge in [0.15, 0.2) is 0 Å². The maximum absolute atomic E-state index is 13.5. The van der Waals surface area contributed by atoms with E-state index in [0.29, 0.717) is 5.75 Å². The van der Waals surface area contributed by atoms with Gasteiger partial charge in [0.1, 0.15) is 10.6 Å². The molecule has 1 aliphatic rings. The molecular weight excluding hydrogens is 334 g/mol. The van der Waals surface area contributed by atoms with E-state index in [1.54, 1.807) is 12.1 Å². The van der Waals surface area contributed by atoms with E-state index in [0.717, 1.165) is 23.2 Å². The molecule has 1 atom stereocenters. The lowest BCUT2D eigenvalue weighted by Gasteiger charge is -2.27. The number of hydrogen-bond acceptors (Lipinski definition) is 3. The molecule has 5 heteroatoms. The summed E-state index contributed by atoms with van der Waals surface area (Å²) in [7, 11) is -2.21. The molecule has 4 nitrogen and oxygen atoms in total. The first-order chi connectivity index (χ1) is 11.7. The summed E-state index contributed by atoms with van der Waals surface area (Å²) < 4.78 is 33.9. The van der Waals surface area contributed by atoms with E-state index in [1.807, 2.05) is 37.3 Å². The number of fused-ring (bicyclic) bond motifs is 1. The molecule has 134 valence electrons. The first kappa shape index (κ1) is 17.8. The normalized spacial score (nSPS) is 17.5. The highest BCUT2D eigenvalue weighted by Crippen LogP contribution is 2.39. The number of anilines is 1. The van der Waals surface area contributed by atoms with Gasteiger partial charge in [0, 0.05) is 6.04 Å². The van der Waals surface area contributed by atoms with Crippen LogP contribution >= 0.6 is 0 Å². The highest BCUT2D eigenvalue weighted by atomic mass is 32.2. The molecule has 0 spiro atoms. The Labute approximate surface area is 150 Å². The Morgan fingerprint density at radius 3 is 2.44 bits per heavy atom. The molecule has 0 saturated carbocycles. The Hall–Kier alpha value is -2.01. The predicted molar refractivity (Wildman–Crippen MR) is 101 cm³/mol. The molecule has 0 fully saturated rings. The predicted octanol–water partition coefficient (Wildman–Crippen LogP) is 4.13. The highest BCUT2D eigenvalue weighted by molar-refractivity contribution is 7.93. The molecule has 0 aliphatic carbocycles. The molecule has 0 aromatic heterocycles. The Kier molecular flexibility index (Phi) is 4.31. The molecule has 1 heterocycles. The van der Waals surface area contributed by atoms with Gasteiger partial charge in [-0.05, 0) is 48.1 Å². The van der Waals surface area contributed by atoms with Crippen molar-refractivity contribution in [3.8, 4) is 5.75 Å². The highest BCUT2D eigenvalue weighted by Gasteiger charge is 2.37. The van der Waals surface area contributed by atoms with Crippen molar-refractivity contribution in [3.63, 3.8) is 0 Å². The summed E-state index contributed by atoms with van der Waals surface area (Å²) in [5.41, 5.74) is 2.64. The summed E-state index contributed by atoms with van der Waals surface area (Å²) in [6.45, 7) is 8.15. The van der Waals surface area contributed by atoms with Gasteiger partial charge in [-0.3, -0.25) is 4.31 Å². The molecule has 25 heavy (non-hydrogen) atoms. The third-order valence-corrected chi connectivity index (χ3v) is 6.66. The quantitative estimate of drug-likeness (QED) is 0.828. The van der Waals surface area contributed by atoms with E-state index < -0.39 is 10.0 Å². The van der Waals surface area contributed by atoms with Gasteiger partial charge >= 0.3 is 0 Å². The van der Waals surface area contributed by atoms with Crippen LogP contribution in [0.2, 0.25) is 0 Å². The van der Waals surface area contributed by atoms with E-state index in [-0.39, 0.29) is 16.4 Å². The van der Waals surface area contributed by atoms with Crippen LogP contribution in [0, 0.1) is 0 Å². The maximum atomic E-state index is 13.5. The Morgan fingerprint density at radius 2 is 1.80 bits per heavy atom. The number of rotatable bonds is 3. The molecule has 1 aliphatic heterocycles. The molecule has 0 radical (unpaired) electrons. The van der Waals surface area contributed by atoms with Crippen LogP contribution in [-0.2, 0) is 21.9 Å². The lowest BCUT2D eigenvalue weighted by molar-refractivity contribution is 0.401. The fraction of sp³-hybridized carbons (Fsp3) is 0.400. The van der Waals surface area contributed by atoms with E-state index in [1.165, 1.54) is 11.4 Å². The molecule has 0 saturated heterocycles.